The van der Waals surface area contributed by atoms with Gasteiger partial charge in [-0.1, -0.05) is 0 Å². The van der Waals surface area contributed by atoms with Crippen LogP contribution >= 0.6 is 0 Å². The Morgan fingerprint density at radius 2 is 2.00 bits per heavy atom. The monoisotopic (exact) mass is 286 g/mol. The summed E-state index contributed by atoms with van der Waals surface area (Å²) in [6.07, 6.45) is 5.25. The molecule has 0 spiro atoms. The minimum Gasteiger partial charge on any atom is -0.357 e. The molecule has 1 aliphatic rings. The van der Waals surface area contributed by atoms with E-state index in [4.69, 9.17) is 0 Å². The molecule has 5 nitrogen and oxygen atoms in total. The SMILES string of the molecule is O=C(Nc1ccc(N2CCCC2)nc1)c1cccnc1F. The highest BCUT2D eigenvalue weighted by Crippen LogP contribution is 2.19. The maximum absolute atomic E-state index is 13.4. The van der Waals surface area contributed by atoms with Crippen molar-refractivity contribution in [2.24, 2.45) is 0 Å². The number of pyridine rings is 2. The van der Waals surface area contributed by atoms with Crippen LogP contribution in [0.5, 0.6) is 0 Å². The number of hydrogen-bond acceptors (Lipinski definition) is 4. The van der Waals surface area contributed by atoms with E-state index < -0.39 is 11.9 Å². The Bertz CT molecular complexity index is 638. The molecule has 1 fully saturated rings. The van der Waals surface area contributed by atoms with Crippen LogP contribution < -0.4 is 10.2 Å². The van der Waals surface area contributed by atoms with Crippen LogP contribution in [-0.2, 0) is 0 Å². The summed E-state index contributed by atoms with van der Waals surface area (Å²) in [5, 5.41) is 2.62. The van der Waals surface area contributed by atoms with Crippen molar-refractivity contribution in [3.05, 3.63) is 48.2 Å². The summed E-state index contributed by atoms with van der Waals surface area (Å²) < 4.78 is 13.4. The first-order chi connectivity index (χ1) is 10.2. The van der Waals surface area contributed by atoms with Crippen molar-refractivity contribution in [3.63, 3.8) is 0 Å². The summed E-state index contributed by atoms with van der Waals surface area (Å²) in [7, 11) is 0. The van der Waals surface area contributed by atoms with Gasteiger partial charge in [0.2, 0.25) is 5.95 Å². The first-order valence-corrected chi connectivity index (χ1v) is 6.87. The predicted molar refractivity (Wildman–Crippen MR) is 77.8 cm³/mol. The topological polar surface area (TPSA) is 58.1 Å². The van der Waals surface area contributed by atoms with E-state index in [0.717, 1.165) is 18.9 Å². The molecule has 0 radical (unpaired) electrons. The number of hydrogen-bond donors (Lipinski definition) is 1. The number of carbonyl (C=O) groups is 1. The van der Waals surface area contributed by atoms with Crippen LogP contribution in [0.15, 0.2) is 36.7 Å². The van der Waals surface area contributed by atoms with Gasteiger partial charge in [0, 0.05) is 19.3 Å². The molecule has 21 heavy (non-hydrogen) atoms. The zero-order chi connectivity index (χ0) is 14.7. The van der Waals surface area contributed by atoms with E-state index in [1.807, 2.05) is 6.07 Å². The Morgan fingerprint density at radius 3 is 2.67 bits per heavy atom. The third-order valence-corrected chi connectivity index (χ3v) is 3.44. The van der Waals surface area contributed by atoms with Gasteiger partial charge in [-0.05, 0) is 37.1 Å². The Morgan fingerprint density at radius 1 is 1.19 bits per heavy atom. The van der Waals surface area contributed by atoms with Gasteiger partial charge in [0.15, 0.2) is 0 Å². The van der Waals surface area contributed by atoms with Crippen LogP contribution in [0.2, 0.25) is 0 Å². The Labute approximate surface area is 121 Å². The Balaban J connectivity index is 1.70. The number of amides is 1. The van der Waals surface area contributed by atoms with E-state index in [-0.39, 0.29) is 5.56 Å². The van der Waals surface area contributed by atoms with Crippen molar-refractivity contribution in [2.75, 3.05) is 23.3 Å². The van der Waals surface area contributed by atoms with E-state index >= 15 is 0 Å². The van der Waals surface area contributed by atoms with Crippen molar-refractivity contribution in [2.45, 2.75) is 12.8 Å². The fraction of sp³-hybridized carbons (Fsp3) is 0.267. The second-order valence-corrected chi connectivity index (χ2v) is 4.90. The van der Waals surface area contributed by atoms with E-state index in [9.17, 15) is 9.18 Å². The molecule has 0 aromatic carbocycles. The van der Waals surface area contributed by atoms with Crippen LogP contribution in [0.4, 0.5) is 15.9 Å². The first kappa shape index (κ1) is 13.5. The third kappa shape index (κ3) is 2.99. The van der Waals surface area contributed by atoms with Crippen LogP contribution in [0, 0.1) is 5.95 Å². The Kier molecular flexibility index (Phi) is 3.77. The van der Waals surface area contributed by atoms with E-state index in [2.05, 4.69) is 20.2 Å². The average Bonchev–Trinajstić information content (AvgIpc) is 3.02. The molecule has 1 amide bonds. The molecule has 1 aliphatic heterocycles. The minimum absolute atomic E-state index is 0.0823. The first-order valence-electron chi connectivity index (χ1n) is 6.87. The standard InChI is InChI=1S/C15H15FN4O/c16-14-12(4-3-7-17-14)15(21)19-11-5-6-13(18-10-11)20-8-1-2-9-20/h3-7,10H,1-2,8-9H2,(H,19,21). The maximum atomic E-state index is 13.4. The molecule has 0 unspecified atom stereocenters. The van der Waals surface area contributed by atoms with E-state index in [1.54, 1.807) is 12.3 Å². The molecule has 2 aromatic heterocycles. The van der Waals surface area contributed by atoms with Crippen LogP contribution in [0.25, 0.3) is 0 Å². The highest BCUT2D eigenvalue weighted by Gasteiger charge is 2.15. The molecule has 3 heterocycles. The molecular weight excluding hydrogens is 271 g/mol. The number of nitrogens with one attached hydrogen (secondary N) is 1. The second-order valence-electron chi connectivity index (χ2n) is 4.90. The van der Waals surface area contributed by atoms with Crippen LogP contribution in [0.1, 0.15) is 23.2 Å². The van der Waals surface area contributed by atoms with Gasteiger partial charge in [-0.25, -0.2) is 9.97 Å². The minimum atomic E-state index is -0.781. The van der Waals surface area contributed by atoms with Crippen molar-refractivity contribution in [3.8, 4) is 0 Å². The molecule has 1 saturated heterocycles. The molecule has 108 valence electrons. The van der Waals surface area contributed by atoms with Crippen LogP contribution in [0.3, 0.4) is 0 Å². The number of carbonyl (C=O) groups excluding carboxylic acids is 1. The van der Waals surface area contributed by atoms with Crippen molar-refractivity contribution < 1.29 is 9.18 Å². The molecular formula is C15H15FN4O. The van der Waals surface area contributed by atoms with Gasteiger partial charge >= 0.3 is 0 Å². The zero-order valence-electron chi connectivity index (χ0n) is 11.4. The van der Waals surface area contributed by atoms with Gasteiger partial charge < -0.3 is 10.2 Å². The maximum Gasteiger partial charge on any atom is 0.260 e. The molecule has 0 atom stereocenters. The fourth-order valence-corrected chi connectivity index (χ4v) is 2.35. The number of rotatable bonds is 3. The molecule has 3 rings (SSSR count). The summed E-state index contributed by atoms with van der Waals surface area (Å²) >= 11 is 0. The summed E-state index contributed by atoms with van der Waals surface area (Å²) in [5.41, 5.74) is 0.451. The summed E-state index contributed by atoms with van der Waals surface area (Å²) in [6, 6.07) is 6.55. The van der Waals surface area contributed by atoms with Gasteiger partial charge in [-0.15, -0.1) is 0 Å². The number of halogens is 1. The van der Waals surface area contributed by atoms with E-state index in [0.29, 0.717) is 5.69 Å². The van der Waals surface area contributed by atoms with Gasteiger partial charge in [0.1, 0.15) is 5.82 Å². The molecule has 6 heteroatoms. The smallest absolute Gasteiger partial charge is 0.260 e. The van der Waals surface area contributed by atoms with Gasteiger partial charge in [0.25, 0.3) is 5.91 Å². The molecule has 0 saturated carbocycles. The Hall–Kier alpha value is -2.50. The molecule has 0 bridgehead atoms. The third-order valence-electron chi connectivity index (χ3n) is 3.44. The average molecular weight is 286 g/mol. The molecule has 0 aliphatic carbocycles. The lowest BCUT2D eigenvalue weighted by Gasteiger charge is -2.16. The van der Waals surface area contributed by atoms with Gasteiger partial charge in [-0.3, -0.25) is 4.79 Å². The second kappa shape index (κ2) is 5.87. The predicted octanol–water partition coefficient (Wildman–Crippen LogP) is 2.47. The lowest BCUT2D eigenvalue weighted by Crippen LogP contribution is -2.19. The summed E-state index contributed by atoms with van der Waals surface area (Å²) in [4.78, 5) is 21.9. The summed E-state index contributed by atoms with van der Waals surface area (Å²) in [5.74, 6) is -0.411. The lowest BCUT2D eigenvalue weighted by molar-refractivity contribution is 0.102. The summed E-state index contributed by atoms with van der Waals surface area (Å²) in [6.45, 7) is 2.03. The normalized spacial score (nSPS) is 14.2. The number of aromatic nitrogens is 2. The quantitative estimate of drug-likeness (QED) is 0.881. The zero-order valence-corrected chi connectivity index (χ0v) is 11.4. The number of nitrogens with zero attached hydrogens (tertiary/aromatic N) is 3. The van der Waals surface area contributed by atoms with Crippen molar-refractivity contribution in [1.82, 2.24) is 9.97 Å². The van der Waals surface area contributed by atoms with Crippen LogP contribution in [-0.4, -0.2) is 29.0 Å². The van der Waals surface area contributed by atoms with Gasteiger partial charge in [-0.2, -0.15) is 4.39 Å². The largest absolute Gasteiger partial charge is 0.357 e. The van der Waals surface area contributed by atoms with E-state index in [1.165, 1.54) is 31.2 Å². The molecule has 1 N–H and O–H groups in total. The van der Waals surface area contributed by atoms with Crippen molar-refractivity contribution >= 4 is 17.4 Å². The lowest BCUT2D eigenvalue weighted by atomic mass is 10.2. The van der Waals surface area contributed by atoms with Crippen molar-refractivity contribution in [1.29, 1.82) is 0 Å². The fourth-order valence-electron chi connectivity index (χ4n) is 2.35. The van der Waals surface area contributed by atoms with Gasteiger partial charge in [0.05, 0.1) is 17.4 Å². The highest BCUT2D eigenvalue weighted by atomic mass is 19.1. The highest BCUT2D eigenvalue weighted by molar-refractivity contribution is 6.04. The number of anilines is 2. The molecule has 2 aromatic rings.